The van der Waals surface area contributed by atoms with Crippen LogP contribution in [0.15, 0.2) is 23.9 Å². The summed E-state index contributed by atoms with van der Waals surface area (Å²) < 4.78 is 0. The van der Waals surface area contributed by atoms with Gasteiger partial charge >= 0.3 is 0 Å². The third kappa shape index (κ3) is 3.07. The molecule has 0 aromatic rings. The fraction of sp³-hybridized carbons (Fsp3) is 0.375. The van der Waals surface area contributed by atoms with Gasteiger partial charge in [0.2, 0.25) is 0 Å². The maximum absolute atomic E-state index is 10.0. The molecule has 0 saturated heterocycles. The normalized spacial score (nSPS) is 14.0. The highest BCUT2D eigenvalue weighted by atomic mass is 16.1. The van der Waals surface area contributed by atoms with Crippen LogP contribution in [-0.4, -0.2) is 12.8 Å². The predicted octanol–water partition coefficient (Wildman–Crippen LogP) is 1.25. The van der Waals surface area contributed by atoms with Crippen molar-refractivity contribution in [2.24, 2.45) is 0 Å². The summed E-state index contributed by atoms with van der Waals surface area (Å²) in [6, 6.07) is 0. The van der Waals surface area contributed by atoms with Crippen LogP contribution in [0.1, 0.15) is 13.8 Å². The van der Waals surface area contributed by atoms with Crippen LogP contribution in [0.3, 0.4) is 0 Å². The van der Waals surface area contributed by atoms with E-state index in [2.05, 4.69) is 5.32 Å². The summed E-state index contributed by atoms with van der Waals surface area (Å²) in [7, 11) is 0. The molecule has 0 bridgehead atoms. The lowest BCUT2D eigenvalue weighted by molar-refractivity contribution is -0.104. The number of hydrogen-bond acceptors (Lipinski definition) is 2. The zero-order chi connectivity index (χ0) is 7.82. The van der Waals surface area contributed by atoms with Gasteiger partial charge in [0.15, 0.2) is 0 Å². The summed E-state index contributed by atoms with van der Waals surface area (Å²) in [5.74, 6) is 0. The van der Waals surface area contributed by atoms with E-state index < -0.39 is 0 Å². The summed E-state index contributed by atoms with van der Waals surface area (Å²) in [5, 5.41) is 2.93. The van der Waals surface area contributed by atoms with E-state index in [9.17, 15) is 4.79 Å². The van der Waals surface area contributed by atoms with Crippen LogP contribution in [0.25, 0.3) is 0 Å². The second kappa shape index (κ2) is 6.08. The Labute approximate surface area is 61.6 Å². The molecule has 0 unspecified atom stereocenters. The highest BCUT2D eigenvalue weighted by Gasteiger charge is 1.90. The van der Waals surface area contributed by atoms with E-state index in [1.807, 2.05) is 19.9 Å². The molecule has 0 amide bonds. The van der Waals surface area contributed by atoms with Gasteiger partial charge in [0, 0.05) is 12.1 Å². The van der Waals surface area contributed by atoms with Crippen LogP contribution in [0, 0.1) is 0 Å². The van der Waals surface area contributed by atoms with Crippen LogP contribution in [0.4, 0.5) is 0 Å². The number of allylic oxidation sites excluding steroid dienone is 2. The smallest absolute Gasteiger partial charge is 0.149 e. The lowest BCUT2D eigenvalue weighted by atomic mass is 10.2. The monoisotopic (exact) mass is 139 g/mol. The van der Waals surface area contributed by atoms with Gasteiger partial charge in [0.05, 0.1) is 0 Å². The van der Waals surface area contributed by atoms with Gasteiger partial charge in [-0.1, -0.05) is 19.9 Å². The van der Waals surface area contributed by atoms with Crippen molar-refractivity contribution < 1.29 is 4.79 Å². The topological polar surface area (TPSA) is 29.1 Å². The largest absolute Gasteiger partial charge is 0.387 e. The number of aldehydes is 1. The average molecular weight is 139 g/mol. The summed E-state index contributed by atoms with van der Waals surface area (Å²) >= 11 is 0. The molecule has 10 heavy (non-hydrogen) atoms. The van der Waals surface area contributed by atoms with Crippen LogP contribution in [-0.2, 0) is 4.79 Å². The van der Waals surface area contributed by atoms with Crippen molar-refractivity contribution in [2.45, 2.75) is 13.8 Å². The van der Waals surface area contributed by atoms with Gasteiger partial charge in [-0.25, -0.2) is 0 Å². The Morgan fingerprint density at radius 2 is 2.30 bits per heavy atom. The van der Waals surface area contributed by atoms with Gasteiger partial charge in [0.1, 0.15) is 6.29 Å². The molecular weight excluding hydrogens is 126 g/mol. The number of hydrogen-bond donors (Lipinski definition) is 1. The van der Waals surface area contributed by atoms with Crippen LogP contribution in [0.2, 0.25) is 0 Å². The Balaban J connectivity index is 0.000000371. The van der Waals surface area contributed by atoms with Gasteiger partial charge in [-0.2, -0.15) is 0 Å². The third-order valence-corrected chi connectivity index (χ3v) is 0.985. The number of nitrogens with one attached hydrogen (secondary N) is 1. The van der Waals surface area contributed by atoms with E-state index in [1.165, 1.54) is 0 Å². The highest BCUT2D eigenvalue weighted by molar-refractivity contribution is 5.77. The molecule has 1 aliphatic heterocycles. The van der Waals surface area contributed by atoms with Gasteiger partial charge in [-0.05, 0) is 12.3 Å². The zero-order valence-electron chi connectivity index (χ0n) is 6.42. The molecule has 0 aromatic carbocycles. The quantitative estimate of drug-likeness (QED) is 0.554. The minimum Gasteiger partial charge on any atom is -0.387 e. The van der Waals surface area contributed by atoms with Crippen molar-refractivity contribution in [3.63, 3.8) is 0 Å². The Hall–Kier alpha value is -1.05. The molecule has 2 nitrogen and oxygen atoms in total. The van der Waals surface area contributed by atoms with Crippen LogP contribution in [0.5, 0.6) is 0 Å². The first-order valence-electron chi connectivity index (χ1n) is 3.49. The molecule has 0 atom stereocenters. The zero-order valence-corrected chi connectivity index (χ0v) is 6.42. The van der Waals surface area contributed by atoms with Crippen molar-refractivity contribution in [1.29, 1.82) is 0 Å². The summed E-state index contributed by atoms with van der Waals surface area (Å²) in [5.41, 5.74) is 0.753. The van der Waals surface area contributed by atoms with E-state index >= 15 is 0 Å². The Morgan fingerprint density at radius 3 is 2.60 bits per heavy atom. The molecule has 0 spiro atoms. The van der Waals surface area contributed by atoms with Crippen molar-refractivity contribution in [3.8, 4) is 0 Å². The second-order valence-corrected chi connectivity index (χ2v) is 1.56. The van der Waals surface area contributed by atoms with Gasteiger partial charge in [-0.15, -0.1) is 0 Å². The first-order valence-corrected chi connectivity index (χ1v) is 3.49. The first kappa shape index (κ1) is 8.95. The molecule has 0 aromatic heterocycles. The maximum atomic E-state index is 10.0. The third-order valence-electron chi connectivity index (χ3n) is 0.985. The number of carbonyl (C=O) groups excluding carboxylic acids is 1. The first-order chi connectivity index (χ1) is 4.93. The summed E-state index contributed by atoms with van der Waals surface area (Å²) in [6.45, 7) is 4.77. The fourth-order valence-corrected chi connectivity index (χ4v) is 0.555. The van der Waals surface area contributed by atoms with Crippen molar-refractivity contribution in [1.82, 2.24) is 5.32 Å². The van der Waals surface area contributed by atoms with E-state index in [4.69, 9.17) is 0 Å². The van der Waals surface area contributed by atoms with Crippen LogP contribution < -0.4 is 5.32 Å². The molecule has 56 valence electrons. The van der Waals surface area contributed by atoms with E-state index in [0.717, 1.165) is 18.4 Å². The highest BCUT2D eigenvalue weighted by Crippen LogP contribution is 1.93. The number of dihydropyridines is 1. The number of rotatable bonds is 1. The molecular formula is C8H13NO. The number of carbonyl (C=O) groups is 1. The van der Waals surface area contributed by atoms with Crippen LogP contribution >= 0.6 is 0 Å². The molecule has 1 rings (SSSR count). The molecule has 0 radical (unpaired) electrons. The molecule has 0 aliphatic carbocycles. The Kier molecular flexibility index (Phi) is 5.44. The predicted molar refractivity (Wildman–Crippen MR) is 42.6 cm³/mol. The van der Waals surface area contributed by atoms with E-state index in [0.29, 0.717) is 0 Å². The van der Waals surface area contributed by atoms with Crippen molar-refractivity contribution >= 4 is 6.29 Å². The molecule has 1 aliphatic rings. The Morgan fingerprint density at radius 1 is 1.60 bits per heavy atom. The van der Waals surface area contributed by atoms with E-state index in [-0.39, 0.29) is 0 Å². The Bertz CT molecular complexity index is 147. The SMILES string of the molecule is CC.O=CC1=CCNC=C1. The lowest BCUT2D eigenvalue weighted by Crippen LogP contribution is -2.08. The van der Waals surface area contributed by atoms with Crippen molar-refractivity contribution in [3.05, 3.63) is 23.9 Å². The molecule has 0 fully saturated rings. The van der Waals surface area contributed by atoms with Gasteiger partial charge in [-0.3, -0.25) is 4.79 Å². The minimum atomic E-state index is 0.753. The summed E-state index contributed by atoms with van der Waals surface area (Å²) in [6.07, 6.45) is 6.20. The molecule has 1 N–H and O–H groups in total. The maximum Gasteiger partial charge on any atom is 0.149 e. The van der Waals surface area contributed by atoms with E-state index in [1.54, 1.807) is 12.3 Å². The lowest BCUT2D eigenvalue weighted by Gasteiger charge is -1.99. The molecule has 2 heteroatoms. The fourth-order valence-electron chi connectivity index (χ4n) is 0.555. The minimum absolute atomic E-state index is 0.753. The second-order valence-electron chi connectivity index (χ2n) is 1.56. The molecule has 1 heterocycles. The summed E-state index contributed by atoms with van der Waals surface area (Å²) in [4.78, 5) is 10.0. The van der Waals surface area contributed by atoms with Gasteiger partial charge in [0.25, 0.3) is 0 Å². The average Bonchev–Trinajstić information content (AvgIpc) is 2.10. The van der Waals surface area contributed by atoms with Crippen molar-refractivity contribution in [2.75, 3.05) is 6.54 Å². The molecule has 0 saturated carbocycles. The van der Waals surface area contributed by atoms with Gasteiger partial charge < -0.3 is 5.32 Å². The standard InChI is InChI=1S/C6H7NO.C2H6/c8-5-6-1-3-7-4-2-6;1-2/h1-3,5,7H,4H2;1-2H3.